The molecular weight excluding hydrogens is 326 g/mol. The number of hydrogen-bond donors (Lipinski definition) is 0. The van der Waals surface area contributed by atoms with Gasteiger partial charge in [-0.15, -0.1) is 0 Å². The molecule has 2 aromatic rings. The second-order valence-electron chi connectivity index (χ2n) is 7.81. The fourth-order valence-corrected chi connectivity index (χ4v) is 4.31. The molecule has 0 aromatic heterocycles. The first kappa shape index (κ1) is 19.1. The molecule has 0 unspecified atom stereocenters. The average Bonchev–Trinajstić information content (AvgIpc) is 2.67. The number of hydrogen-bond acceptors (Lipinski definition) is 0. The summed E-state index contributed by atoms with van der Waals surface area (Å²) in [6, 6.07) is 11.7. The molecule has 0 amide bonds. The molecule has 2 aromatic carbocycles. The summed E-state index contributed by atoms with van der Waals surface area (Å²) < 4.78 is 29.5. The van der Waals surface area contributed by atoms with E-state index in [-0.39, 0.29) is 5.92 Å². The van der Waals surface area contributed by atoms with E-state index >= 15 is 0 Å². The van der Waals surface area contributed by atoms with Crippen molar-refractivity contribution >= 4 is 16.6 Å². The quantitative estimate of drug-likeness (QED) is 0.492. The summed E-state index contributed by atoms with van der Waals surface area (Å²) in [4.78, 5) is 0. The Morgan fingerprint density at radius 2 is 1.58 bits per heavy atom. The normalized spacial score (nSPS) is 21.7. The van der Waals surface area contributed by atoms with Gasteiger partial charge in [0.05, 0.1) is 0 Å². The van der Waals surface area contributed by atoms with Crippen molar-refractivity contribution in [3.63, 3.8) is 0 Å². The van der Waals surface area contributed by atoms with E-state index in [4.69, 9.17) is 0 Å². The topological polar surface area (TPSA) is 0 Å². The number of fused-ring (bicyclic) bond motifs is 1. The highest BCUT2D eigenvalue weighted by Gasteiger charge is 2.26. The minimum Gasteiger partial charge on any atom is -0.208 e. The van der Waals surface area contributed by atoms with E-state index in [0.29, 0.717) is 11.5 Å². The summed E-state index contributed by atoms with van der Waals surface area (Å²) in [5.41, 5.74) is 1.66. The third kappa shape index (κ3) is 4.34. The van der Waals surface area contributed by atoms with Crippen molar-refractivity contribution in [2.75, 3.05) is 0 Å². The first-order chi connectivity index (χ1) is 12.6. The highest BCUT2D eigenvalue weighted by molar-refractivity contribution is 5.86. The molecule has 0 radical (unpaired) electrons. The minimum absolute atomic E-state index is 0.245. The van der Waals surface area contributed by atoms with Crippen LogP contribution in [-0.4, -0.2) is 0 Å². The lowest BCUT2D eigenvalue weighted by Crippen LogP contribution is -2.15. The fourth-order valence-electron chi connectivity index (χ4n) is 4.31. The van der Waals surface area contributed by atoms with Crippen LogP contribution in [0, 0.1) is 11.8 Å². The maximum atomic E-state index is 14.8. The van der Waals surface area contributed by atoms with E-state index in [1.807, 2.05) is 12.1 Å². The summed E-state index contributed by atoms with van der Waals surface area (Å²) in [6.45, 7) is 4.35. The van der Waals surface area contributed by atoms with Crippen LogP contribution in [0.25, 0.3) is 16.6 Å². The molecule has 1 aliphatic rings. The number of rotatable bonds is 6. The zero-order valence-corrected chi connectivity index (χ0v) is 16.0. The summed E-state index contributed by atoms with van der Waals surface area (Å²) in [7, 11) is 0. The van der Waals surface area contributed by atoms with Gasteiger partial charge in [0.25, 0.3) is 0 Å². The maximum Gasteiger partial charge on any atom is 0.162 e. The Kier molecular flexibility index (Phi) is 6.45. The van der Waals surface area contributed by atoms with Crippen molar-refractivity contribution in [2.45, 2.75) is 65.2 Å². The van der Waals surface area contributed by atoms with Crippen LogP contribution >= 0.6 is 0 Å². The van der Waals surface area contributed by atoms with E-state index in [0.717, 1.165) is 49.3 Å². The molecule has 1 aliphatic carbocycles. The highest BCUT2D eigenvalue weighted by atomic mass is 19.2. The van der Waals surface area contributed by atoms with E-state index in [2.05, 4.69) is 26.0 Å². The third-order valence-corrected chi connectivity index (χ3v) is 5.81. The van der Waals surface area contributed by atoms with Gasteiger partial charge in [-0.1, -0.05) is 63.4 Å². The van der Waals surface area contributed by atoms with Crippen LogP contribution in [0.5, 0.6) is 0 Å². The van der Waals surface area contributed by atoms with Gasteiger partial charge in [0, 0.05) is 11.5 Å². The maximum absolute atomic E-state index is 14.8. The molecule has 140 valence electrons. The van der Waals surface area contributed by atoms with Crippen LogP contribution < -0.4 is 0 Å². The van der Waals surface area contributed by atoms with Gasteiger partial charge < -0.3 is 0 Å². The summed E-state index contributed by atoms with van der Waals surface area (Å²) in [5, 5.41) is 2.06. The van der Waals surface area contributed by atoms with Gasteiger partial charge in [0.15, 0.2) is 5.83 Å². The Morgan fingerprint density at radius 3 is 2.27 bits per heavy atom. The Bertz CT molecular complexity index is 767. The van der Waals surface area contributed by atoms with Crippen LogP contribution in [0.1, 0.15) is 69.9 Å². The molecule has 0 bridgehead atoms. The van der Waals surface area contributed by atoms with Gasteiger partial charge in [0.1, 0.15) is 5.83 Å². The molecular formula is C24H30F2. The summed E-state index contributed by atoms with van der Waals surface area (Å²) in [6.07, 6.45) is 8.14. The first-order valence-electron chi connectivity index (χ1n) is 10.2. The predicted octanol–water partition coefficient (Wildman–Crippen LogP) is 8.01. The lowest BCUT2D eigenvalue weighted by Gasteiger charge is -2.27. The van der Waals surface area contributed by atoms with Crippen molar-refractivity contribution in [3.8, 4) is 0 Å². The Morgan fingerprint density at radius 1 is 0.885 bits per heavy atom. The van der Waals surface area contributed by atoms with E-state index in [1.54, 1.807) is 12.1 Å². The van der Waals surface area contributed by atoms with Crippen molar-refractivity contribution < 1.29 is 8.78 Å². The zero-order valence-electron chi connectivity index (χ0n) is 16.0. The van der Waals surface area contributed by atoms with Crippen molar-refractivity contribution in [3.05, 3.63) is 53.4 Å². The molecule has 2 heteroatoms. The second-order valence-corrected chi connectivity index (χ2v) is 7.81. The van der Waals surface area contributed by atoms with Crippen molar-refractivity contribution in [2.24, 2.45) is 11.8 Å². The van der Waals surface area contributed by atoms with Crippen LogP contribution in [0.3, 0.4) is 0 Å². The first-order valence-corrected chi connectivity index (χ1v) is 10.2. The molecule has 0 nitrogen and oxygen atoms in total. The van der Waals surface area contributed by atoms with E-state index < -0.39 is 11.7 Å². The predicted molar refractivity (Wildman–Crippen MR) is 107 cm³/mol. The lowest BCUT2D eigenvalue weighted by atomic mass is 9.79. The van der Waals surface area contributed by atoms with Gasteiger partial charge in [-0.2, -0.15) is 0 Å². The standard InChI is InChI=1S/C24H30F2/c1-3-5-17-7-10-19(11-8-17)23(25)24(26)22-14-13-20-15-18(6-4-2)9-12-21(20)16-22/h9,12-17,19H,3-8,10-11H2,1-2H3. The fraction of sp³-hybridized carbons (Fsp3) is 0.500. The molecule has 0 spiro atoms. The lowest BCUT2D eigenvalue weighted by molar-refractivity contribution is 0.261. The van der Waals surface area contributed by atoms with Gasteiger partial charge >= 0.3 is 0 Å². The van der Waals surface area contributed by atoms with E-state index in [1.165, 1.54) is 18.4 Å². The minimum atomic E-state index is -0.663. The van der Waals surface area contributed by atoms with Gasteiger partial charge in [-0.05, 0) is 60.4 Å². The highest BCUT2D eigenvalue weighted by Crippen LogP contribution is 2.39. The summed E-state index contributed by atoms with van der Waals surface area (Å²) >= 11 is 0. The summed E-state index contributed by atoms with van der Waals surface area (Å²) in [5.74, 6) is -0.749. The SMILES string of the molecule is CCCc1ccc2cc(C(F)=C(F)C3CCC(CCC)CC3)ccc2c1. The van der Waals surface area contributed by atoms with Gasteiger partial charge in [0.2, 0.25) is 0 Å². The monoisotopic (exact) mass is 356 g/mol. The molecule has 26 heavy (non-hydrogen) atoms. The van der Waals surface area contributed by atoms with E-state index in [9.17, 15) is 8.78 Å². The third-order valence-electron chi connectivity index (χ3n) is 5.81. The van der Waals surface area contributed by atoms with Gasteiger partial charge in [-0.25, -0.2) is 8.78 Å². The van der Waals surface area contributed by atoms with Crippen LogP contribution in [0.2, 0.25) is 0 Å². The molecule has 1 fully saturated rings. The average molecular weight is 357 g/mol. The number of halogens is 2. The van der Waals surface area contributed by atoms with Crippen LogP contribution in [-0.2, 0) is 6.42 Å². The molecule has 0 saturated heterocycles. The molecule has 0 N–H and O–H groups in total. The van der Waals surface area contributed by atoms with Gasteiger partial charge in [-0.3, -0.25) is 0 Å². The molecule has 0 atom stereocenters. The number of allylic oxidation sites excluding steroid dienone is 1. The Balaban J connectivity index is 1.78. The van der Waals surface area contributed by atoms with Crippen LogP contribution in [0.15, 0.2) is 42.2 Å². The number of benzene rings is 2. The Hall–Kier alpha value is -1.70. The van der Waals surface area contributed by atoms with Crippen LogP contribution in [0.4, 0.5) is 8.78 Å². The molecule has 1 saturated carbocycles. The Labute approximate surface area is 156 Å². The largest absolute Gasteiger partial charge is 0.208 e. The zero-order chi connectivity index (χ0) is 18.5. The molecule has 0 heterocycles. The molecule has 3 rings (SSSR count). The second kappa shape index (κ2) is 8.79. The number of aryl methyl sites for hydroxylation is 1. The molecule has 0 aliphatic heterocycles. The van der Waals surface area contributed by atoms with Crippen molar-refractivity contribution in [1.82, 2.24) is 0 Å². The smallest absolute Gasteiger partial charge is 0.162 e. The van der Waals surface area contributed by atoms with Crippen molar-refractivity contribution in [1.29, 1.82) is 0 Å².